The van der Waals surface area contributed by atoms with Crippen molar-refractivity contribution in [1.29, 1.82) is 0 Å². The molecule has 0 amide bonds. The summed E-state index contributed by atoms with van der Waals surface area (Å²) in [6.07, 6.45) is 0.874. The third kappa shape index (κ3) is 4.50. The summed E-state index contributed by atoms with van der Waals surface area (Å²) >= 11 is 1.83. The summed E-state index contributed by atoms with van der Waals surface area (Å²) in [4.78, 5) is 1.28. The van der Waals surface area contributed by atoms with Crippen LogP contribution in [0.2, 0.25) is 0 Å². The number of hydrogen-bond donors (Lipinski definition) is 2. The Hall–Kier alpha value is -2.27. The Morgan fingerprint density at radius 2 is 1.72 bits per heavy atom. The maximum atomic E-state index is 10.1. The zero-order valence-electron chi connectivity index (χ0n) is 16.7. The van der Waals surface area contributed by atoms with Gasteiger partial charge in [0.05, 0.1) is 18.2 Å². The Labute approximate surface area is 177 Å². The molecule has 2 atom stereocenters. The van der Waals surface area contributed by atoms with Crippen LogP contribution in [0.25, 0.3) is 0 Å². The highest BCUT2D eigenvalue weighted by Crippen LogP contribution is 2.39. The topological polar surface area (TPSA) is 41.5 Å². The average molecular weight is 406 g/mol. The molecular formula is C25H27NO2S. The number of aliphatic hydroxyl groups is 1. The molecule has 2 N–H and O–H groups in total. The first-order valence-corrected chi connectivity index (χ1v) is 11.1. The number of aliphatic hydroxyl groups excluding tert-OH is 1. The maximum absolute atomic E-state index is 10.1. The number of benzene rings is 3. The maximum Gasteiger partial charge on any atom is 0.119 e. The van der Waals surface area contributed by atoms with Crippen LogP contribution < -0.4 is 10.1 Å². The lowest BCUT2D eigenvalue weighted by Crippen LogP contribution is -2.51. The highest BCUT2D eigenvalue weighted by Gasteiger charge is 2.35. The van der Waals surface area contributed by atoms with Crippen LogP contribution in [0.15, 0.2) is 83.8 Å². The van der Waals surface area contributed by atoms with Gasteiger partial charge in [-0.2, -0.15) is 0 Å². The molecule has 0 unspecified atom stereocenters. The van der Waals surface area contributed by atoms with Gasteiger partial charge in [-0.1, -0.05) is 67.6 Å². The third-order valence-electron chi connectivity index (χ3n) is 5.63. The molecule has 4 rings (SSSR count). The normalized spacial score (nSPS) is 21.2. The van der Waals surface area contributed by atoms with Crippen molar-refractivity contribution in [3.63, 3.8) is 0 Å². The molecule has 3 aromatic rings. The van der Waals surface area contributed by atoms with Crippen LogP contribution in [-0.2, 0) is 6.61 Å². The van der Waals surface area contributed by atoms with E-state index in [1.807, 2.05) is 42.1 Å². The predicted octanol–water partition coefficient (Wildman–Crippen LogP) is 5.19. The van der Waals surface area contributed by atoms with Gasteiger partial charge in [0, 0.05) is 10.6 Å². The van der Waals surface area contributed by atoms with Crippen molar-refractivity contribution in [2.45, 2.75) is 36.4 Å². The van der Waals surface area contributed by atoms with Crippen molar-refractivity contribution < 1.29 is 9.84 Å². The monoisotopic (exact) mass is 405 g/mol. The number of nitrogens with one attached hydrogen (secondary N) is 1. The fourth-order valence-corrected chi connectivity index (χ4v) is 5.00. The minimum atomic E-state index is -0.295. The largest absolute Gasteiger partial charge is 0.489 e. The van der Waals surface area contributed by atoms with Crippen LogP contribution in [0.1, 0.15) is 36.1 Å². The van der Waals surface area contributed by atoms with Crippen molar-refractivity contribution >= 4 is 11.8 Å². The number of rotatable bonds is 6. The summed E-state index contributed by atoms with van der Waals surface area (Å²) in [5, 5.41) is 13.9. The molecule has 0 saturated carbocycles. The number of thioether (sulfide) groups is 1. The molecule has 1 aliphatic rings. The third-order valence-corrected chi connectivity index (χ3v) is 7.01. The summed E-state index contributed by atoms with van der Waals surface area (Å²) in [6, 6.07) is 27.1. The Morgan fingerprint density at radius 1 is 1.00 bits per heavy atom. The van der Waals surface area contributed by atoms with Crippen LogP contribution in [0.4, 0.5) is 0 Å². The fourth-order valence-electron chi connectivity index (χ4n) is 3.66. The lowest BCUT2D eigenvalue weighted by molar-refractivity contribution is 0.166. The van der Waals surface area contributed by atoms with Crippen LogP contribution in [0, 0.1) is 0 Å². The van der Waals surface area contributed by atoms with E-state index in [4.69, 9.17) is 4.74 Å². The number of hydrogen-bond acceptors (Lipinski definition) is 4. The van der Waals surface area contributed by atoms with Gasteiger partial charge in [0.15, 0.2) is 0 Å². The standard InChI is InChI=1S/C25H27NO2S/c1-2-25(17-27)18-29-23-11-7-6-10-22(23)24(26-25)20-12-14-21(15-13-20)28-16-19-8-4-3-5-9-19/h3-15,24,26-27H,2,16-18H2,1H3/t24-,25+/m1/s1. The second-order valence-corrected chi connectivity index (χ2v) is 8.56. The first kappa shape index (κ1) is 20.0. The van der Waals surface area contributed by atoms with Gasteiger partial charge < -0.3 is 9.84 Å². The lowest BCUT2D eigenvalue weighted by Gasteiger charge is -2.34. The minimum Gasteiger partial charge on any atom is -0.489 e. The Balaban J connectivity index is 1.58. The molecule has 0 bridgehead atoms. The van der Waals surface area contributed by atoms with E-state index in [9.17, 15) is 5.11 Å². The van der Waals surface area contributed by atoms with Crippen LogP contribution >= 0.6 is 11.8 Å². The van der Waals surface area contributed by atoms with Crippen molar-refractivity contribution in [2.24, 2.45) is 0 Å². The van der Waals surface area contributed by atoms with E-state index in [2.05, 4.69) is 60.8 Å². The molecule has 29 heavy (non-hydrogen) atoms. The van der Waals surface area contributed by atoms with Crippen molar-refractivity contribution in [3.8, 4) is 5.75 Å². The van der Waals surface area contributed by atoms with Gasteiger partial charge in [-0.05, 0) is 41.3 Å². The van der Waals surface area contributed by atoms with Crippen LogP contribution in [0.3, 0.4) is 0 Å². The number of fused-ring (bicyclic) bond motifs is 1. The molecule has 0 saturated heterocycles. The van der Waals surface area contributed by atoms with Crippen LogP contribution in [-0.4, -0.2) is 23.0 Å². The molecule has 0 spiro atoms. The van der Waals surface area contributed by atoms with E-state index in [-0.39, 0.29) is 18.2 Å². The average Bonchev–Trinajstić information content (AvgIpc) is 2.97. The molecule has 3 nitrogen and oxygen atoms in total. The first-order valence-electron chi connectivity index (χ1n) is 10.1. The smallest absolute Gasteiger partial charge is 0.119 e. The highest BCUT2D eigenvalue weighted by molar-refractivity contribution is 7.99. The lowest BCUT2D eigenvalue weighted by atomic mass is 9.92. The fraction of sp³-hybridized carbons (Fsp3) is 0.280. The van der Waals surface area contributed by atoms with Crippen molar-refractivity contribution in [2.75, 3.05) is 12.4 Å². The van der Waals surface area contributed by atoms with Gasteiger partial charge >= 0.3 is 0 Å². The van der Waals surface area contributed by atoms with Crippen molar-refractivity contribution in [1.82, 2.24) is 5.32 Å². The molecule has 150 valence electrons. The highest BCUT2D eigenvalue weighted by atomic mass is 32.2. The SMILES string of the molecule is CC[C@]1(CO)CSc2ccccc2[C@@H](c2ccc(OCc3ccccc3)cc2)N1. The molecule has 3 aromatic carbocycles. The van der Waals surface area contributed by atoms with Gasteiger partial charge in [-0.3, -0.25) is 5.32 Å². The zero-order chi connectivity index (χ0) is 20.1. The first-order chi connectivity index (χ1) is 14.2. The van der Waals surface area contributed by atoms with E-state index >= 15 is 0 Å². The second kappa shape index (κ2) is 9.04. The molecule has 0 aromatic heterocycles. The van der Waals surface area contributed by atoms with Gasteiger partial charge in [-0.15, -0.1) is 11.8 Å². The van der Waals surface area contributed by atoms with Crippen molar-refractivity contribution in [3.05, 3.63) is 95.6 Å². The molecule has 4 heteroatoms. The summed E-state index contributed by atoms with van der Waals surface area (Å²) in [7, 11) is 0. The summed E-state index contributed by atoms with van der Waals surface area (Å²) in [6.45, 7) is 2.82. The molecule has 1 heterocycles. The Bertz CT molecular complexity index is 923. The van der Waals surface area contributed by atoms with Gasteiger partial charge in [-0.25, -0.2) is 0 Å². The summed E-state index contributed by atoms with van der Waals surface area (Å²) in [5.41, 5.74) is 3.30. The second-order valence-electron chi connectivity index (χ2n) is 7.54. The molecule has 0 aliphatic carbocycles. The van der Waals surface area contributed by atoms with Crippen LogP contribution in [0.5, 0.6) is 5.75 Å². The summed E-state index contributed by atoms with van der Waals surface area (Å²) < 4.78 is 5.95. The molecule has 0 radical (unpaired) electrons. The van der Waals surface area contributed by atoms with Gasteiger partial charge in [0.2, 0.25) is 0 Å². The number of ether oxygens (including phenoxy) is 1. The van der Waals surface area contributed by atoms with E-state index in [0.29, 0.717) is 6.61 Å². The zero-order valence-corrected chi connectivity index (χ0v) is 17.5. The van der Waals surface area contributed by atoms with E-state index < -0.39 is 0 Å². The van der Waals surface area contributed by atoms with Gasteiger partial charge in [0.1, 0.15) is 12.4 Å². The van der Waals surface area contributed by atoms with Gasteiger partial charge in [0.25, 0.3) is 0 Å². The minimum absolute atomic E-state index is 0.0384. The van der Waals surface area contributed by atoms with E-state index in [0.717, 1.165) is 23.5 Å². The quantitative estimate of drug-likeness (QED) is 0.592. The molecule has 1 aliphatic heterocycles. The molecule has 0 fully saturated rings. The Kier molecular flexibility index (Phi) is 6.24. The predicted molar refractivity (Wildman–Crippen MR) is 119 cm³/mol. The molecular weight excluding hydrogens is 378 g/mol. The van der Waals surface area contributed by atoms with E-state index in [1.54, 1.807) is 0 Å². The van der Waals surface area contributed by atoms with E-state index in [1.165, 1.54) is 16.0 Å². The summed E-state index contributed by atoms with van der Waals surface area (Å²) in [5.74, 6) is 1.71. The Morgan fingerprint density at radius 3 is 2.45 bits per heavy atom.